The Hall–Kier alpha value is -6.62. The summed E-state index contributed by atoms with van der Waals surface area (Å²) < 4.78 is 22.3. The summed E-state index contributed by atoms with van der Waals surface area (Å²) in [6, 6.07) is 44.0. The third-order valence-corrected chi connectivity index (χ3v) is 12.5. The van der Waals surface area contributed by atoms with Crippen molar-refractivity contribution >= 4 is 11.8 Å². The molecule has 0 aromatic heterocycles. The highest BCUT2D eigenvalue weighted by Crippen LogP contribution is 2.56. The molecule has 320 valence electrons. The van der Waals surface area contributed by atoms with E-state index in [-0.39, 0.29) is 12.8 Å². The third-order valence-electron chi connectivity index (χ3n) is 12.5. The Kier molecular flexibility index (Phi) is 13.0. The second kappa shape index (κ2) is 18.6. The summed E-state index contributed by atoms with van der Waals surface area (Å²) in [5.41, 5.74) is 3.28. The quantitative estimate of drug-likeness (QED) is 0.0824. The summed E-state index contributed by atoms with van der Waals surface area (Å²) >= 11 is 0. The monoisotopic (exact) mass is 834 g/mol. The average Bonchev–Trinajstić information content (AvgIpc) is 3.34. The second-order valence-corrected chi connectivity index (χ2v) is 15.8. The van der Waals surface area contributed by atoms with Gasteiger partial charge in [-0.05, 0) is 94.8 Å². The zero-order chi connectivity index (χ0) is 43.9. The van der Waals surface area contributed by atoms with Gasteiger partial charge >= 0.3 is 0 Å². The van der Waals surface area contributed by atoms with Gasteiger partial charge in [-0.25, -0.2) is 0 Å². The van der Waals surface area contributed by atoms with E-state index in [0.717, 1.165) is 6.42 Å². The zero-order valence-electron chi connectivity index (χ0n) is 35.6. The summed E-state index contributed by atoms with van der Waals surface area (Å²) in [4.78, 5) is 32.4. The van der Waals surface area contributed by atoms with Gasteiger partial charge in [0.05, 0.1) is 40.5 Å². The van der Waals surface area contributed by atoms with E-state index in [1.165, 1.54) is 0 Å². The molecule has 0 unspecified atom stereocenters. The maximum absolute atomic E-state index is 16.6. The van der Waals surface area contributed by atoms with Gasteiger partial charge in [0, 0.05) is 0 Å². The van der Waals surface area contributed by atoms with Crippen molar-refractivity contribution in [2.75, 3.05) is 28.4 Å². The third kappa shape index (κ3) is 7.99. The largest absolute Gasteiger partial charge is 0.497 e. The van der Waals surface area contributed by atoms with Crippen LogP contribution >= 0.6 is 0 Å². The van der Waals surface area contributed by atoms with Crippen LogP contribution in [0.2, 0.25) is 0 Å². The fourth-order valence-electron chi connectivity index (χ4n) is 9.17. The Labute approximate surface area is 363 Å². The number of carbonyl (C=O) groups excluding carboxylic acids is 2. The lowest BCUT2D eigenvalue weighted by Gasteiger charge is -2.53. The van der Waals surface area contributed by atoms with Gasteiger partial charge in [-0.2, -0.15) is 0 Å². The lowest BCUT2D eigenvalue weighted by atomic mass is 9.68. The number of benzene rings is 6. The minimum absolute atomic E-state index is 0.188. The second-order valence-electron chi connectivity index (χ2n) is 15.8. The molecule has 6 aromatic rings. The molecule has 10 heteroatoms. The molecule has 1 aliphatic carbocycles. The molecule has 0 bridgehead atoms. The molecule has 0 aliphatic heterocycles. The highest BCUT2D eigenvalue weighted by atomic mass is 16.5. The van der Waals surface area contributed by atoms with Crippen molar-refractivity contribution in [3.05, 3.63) is 191 Å². The Bertz CT molecular complexity index is 2160. The van der Waals surface area contributed by atoms with E-state index in [1.54, 1.807) is 130 Å². The smallest absolute Gasteiger partial charge is 0.239 e. The van der Waals surface area contributed by atoms with Crippen LogP contribution in [-0.2, 0) is 20.8 Å². The number of primary amides is 1. The predicted molar refractivity (Wildman–Crippen MR) is 238 cm³/mol. The number of methoxy groups -OCH3 is 4. The van der Waals surface area contributed by atoms with Crippen molar-refractivity contribution in [2.45, 2.75) is 55.4 Å². The number of amides is 2. The highest BCUT2D eigenvalue weighted by Gasteiger charge is 2.59. The molecule has 4 N–H and O–H groups in total. The minimum atomic E-state index is -2.09. The van der Waals surface area contributed by atoms with Gasteiger partial charge in [0.15, 0.2) is 0 Å². The Balaban J connectivity index is 1.67. The van der Waals surface area contributed by atoms with Gasteiger partial charge in [0.1, 0.15) is 39.6 Å². The molecule has 1 fully saturated rings. The van der Waals surface area contributed by atoms with Crippen molar-refractivity contribution in [3.8, 4) is 23.0 Å². The Morgan fingerprint density at radius 1 is 0.500 bits per heavy atom. The molecule has 1 aliphatic rings. The molecule has 7 rings (SSSR count). The van der Waals surface area contributed by atoms with E-state index in [2.05, 4.69) is 0 Å². The van der Waals surface area contributed by atoms with E-state index in [1.807, 2.05) is 60.7 Å². The Morgan fingerprint density at radius 2 is 0.790 bits per heavy atom. The predicted octanol–water partition coefficient (Wildman–Crippen LogP) is 8.64. The van der Waals surface area contributed by atoms with Gasteiger partial charge in [-0.3, -0.25) is 9.59 Å². The molecule has 62 heavy (non-hydrogen) atoms. The standard InChI is InChI=1S/C52H54N2O8/c1-59-42-26-18-38(19-27-42)51(57,39-20-28-43(60-2)29-21-39)46(36-14-8-5-9-15-36)54(49(56)50(48(53)55)34-12-7-13-35-50)47(37-16-10-6-11-17-37)52(58,40-22-30-44(61-3)31-23-40)41-24-32-45(62-4)33-25-41/h5-6,8-11,14-33,46-47,57-58H,7,12-13,34-35H2,1-4H3,(H2,53,55)/t46-,47-/m1/s1. The van der Waals surface area contributed by atoms with Crippen LogP contribution < -0.4 is 24.7 Å². The first-order valence-corrected chi connectivity index (χ1v) is 20.8. The van der Waals surface area contributed by atoms with Crippen LogP contribution in [0.15, 0.2) is 158 Å². The SMILES string of the molecule is COc1ccc(C(O)(c2ccc(OC)cc2)[C@@H](c2ccccc2)N(C(=O)C2(C(N)=O)CCCCC2)[C@H](c2ccccc2)C(O)(c2ccc(OC)cc2)c2ccc(OC)cc2)cc1. The van der Waals surface area contributed by atoms with Gasteiger partial charge in [-0.1, -0.05) is 128 Å². The minimum Gasteiger partial charge on any atom is -0.497 e. The first kappa shape index (κ1) is 43.5. The lowest BCUT2D eigenvalue weighted by molar-refractivity contribution is -0.170. The summed E-state index contributed by atoms with van der Waals surface area (Å²) in [6.07, 6.45) is 2.35. The maximum atomic E-state index is 16.6. The Morgan fingerprint density at radius 3 is 1.05 bits per heavy atom. The number of rotatable bonds is 16. The van der Waals surface area contributed by atoms with Gasteiger partial charge in [-0.15, -0.1) is 0 Å². The van der Waals surface area contributed by atoms with Crippen molar-refractivity contribution < 1.29 is 38.7 Å². The molecule has 0 radical (unpaired) electrons. The molecule has 1 saturated carbocycles. The van der Waals surface area contributed by atoms with Crippen LogP contribution in [0, 0.1) is 5.41 Å². The van der Waals surface area contributed by atoms with E-state index < -0.39 is 40.5 Å². The van der Waals surface area contributed by atoms with Crippen LogP contribution in [0.4, 0.5) is 0 Å². The van der Waals surface area contributed by atoms with Gasteiger partial charge in [0.25, 0.3) is 0 Å². The van der Waals surface area contributed by atoms with Crippen LogP contribution in [0.25, 0.3) is 0 Å². The molecule has 0 heterocycles. The average molecular weight is 835 g/mol. The topological polar surface area (TPSA) is 141 Å². The number of nitrogens with two attached hydrogens (primary N) is 1. The van der Waals surface area contributed by atoms with Crippen molar-refractivity contribution in [1.29, 1.82) is 0 Å². The summed E-state index contributed by atoms with van der Waals surface area (Å²) in [6.45, 7) is 0. The van der Waals surface area contributed by atoms with Crippen LogP contribution in [0.1, 0.15) is 77.6 Å². The van der Waals surface area contributed by atoms with Crippen LogP contribution in [0.3, 0.4) is 0 Å². The normalized spacial score (nSPS) is 14.8. The molecule has 0 spiro atoms. The fourth-order valence-corrected chi connectivity index (χ4v) is 9.17. The van der Waals surface area contributed by atoms with Crippen molar-refractivity contribution in [3.63, 3.8) is 0 Å². The zero-order valence-corrected chi connectivity index (χ0v) is 35.6. The lowest BCUT2D eigenvalue weighted by Crippen LogP contribution is -2.60. The van der Waals surface area contributed by atoms with E-state index in [4.69, 9.17) is 24.7 Å². The van der Waals surface area contributed by atoms with Crippen molar-refractivity contribution in [1.82, 2.24) is 4.90 Å². The van der Waals surface area contributed by atoms with Gasteiger partial charge < -0.3 is 39.8 Å². The van der Waals surface area contributed by atoms with Crippen LogP contribution in [0.5, 0.6) is 23.0 Å². The highest BCUT2D eigenvalue weighted by molar-refractivity contribution is 6.05. The van der Waals surface area contributed by atoms with Crippen LogP contribution in [-0.4, -0.2) is 55.4 Å². The molecular formula is C52H54N2O8. The number of aliphatic hydroxyl groups is 2. The van der Waals surface area contributed by atoms with E-state index in [0.29, 0.717) is 69.2 Å². The molecule has 2 atom stereocenters. The summed E-state index contributed by atoms with van der Waals surface area (Å²) in [5.74, 6) is 0.843. The molecule has 2 amide bonds. The van der Waals surface area contributed by atoms with E-state index >= 15 is 4.79 Å². The first-order valence-electron chi connectivity index (χ1n) is 20.8. The number of ether oxygens (including phenoxy) is 4. The maximum Gasteiger partial charge on any atom is 0.239 e. The number of hydrogen-bond donors (Lipinski definition) is 3. The molecule has 0 saturated heterocycles. The number of nitrogens with zero attached hydrogens (tertiary/aromatic N) is 1. The number of carbonyl (C=O) groups is 2. The van der Waals surface area contributed by atoms with E-state index in [9.17, 15) is 15.0 Å². The van der Waals surface area contributed by atoms with Crippen molar-refractivity contribution in [2.24, 2.45) is 11.1 Å². The first-order chi connectivity index (χ1) is 30.0. The summed E-state index contributed by atoms with van der Waals surface area (Å²) in [5, 5.41) is 28.5. The molecule has 6 aromatic carbocycles. The molecule has 10 nitrogen and oxygen atoms in total. The number of hydrogen-bond acceptors (Lipinski definition) is 8. The van der Waals surface area contributed by atoms with Gasteiger partial charge in [0.2, 0.25) is 11.8 Å². The fraction of sp³-hybridized carbons (Fsp3) is 0.269. The molecular weight excluding hydrogens is 781 g/mol. The summed E-state index contributed by atoms with van der Waals surface area (Å²) in [7, 11) is 6.26.